The van der Waals surface area contributed by atoms with E-state index in [0.717, 1.165) is 18.4 Å². The number of nitrogens with one attached hydrogen (secondary N) is 1. The number of hydrogen-bond donors (Lipinski definition) is 2. The number of amides is 1. The third-order valence-electron chi connectivity index (χ3n) is 4.07. The van der Waals surface area contributed by atoms with E-state index in [4.69, 9.17) is 5.11 Å². The summed E-state index contributed by atoms with van der Waals surface area (Å²) in [5, 5.41) is 16.3. The smallest absolute Gasteiger partial charge is 0.251 e. The summed E-state index contributed by atoms with van der Waals surface area (Å²) in [6.07, 6.45) is 6.59. The minimum atomic E-state index is -0.0593. The van der Waals surface area contributed by atoms with Crippen LogP contribution in [0.2, 0.25) is 0 Å². The molecule has 1 heterocycles. The summed E-state index contributed by atoms with van der Waals surface area (Å²) in [5.41, 5.74) is 1.77. The Morgan fingerprint density at radius 2 is 2.14 bits per heavy atom. The number of nitrogens with zero attached hydrogens (tertiary/aromatic N) is 2. The van der Waals surface area contributed by atoms with Crippen molar-refractivity contribution < 1.29 is 9.90 Å². The van der Waals surface area contributed by atoms with Gasteiger partial charge in [0.15, 0.2) is 0 Å². The SMILES string of the molecule is O=C(NC(CCO)C1CC1)c1ccc(Cn2cccn2)cc1. The largest absolute Gasteiger partial charge is 0.396 e. The first-order chi connectivity index (χ1) is 10.8. The predicted octanol–water partition coefficient (Wildman–Crippen LogP) is 1.82. The van der Waals surface area contributed by atoms with Crippen molar-refractivity contribution in [2.45, 2.75) is 31.8 Å². The van der Waals surface area contributed by atoms with Gasteiger partial charge in [0.2, 0.25) is 0 Å². The summed E-state index contributed by atoms with van der Waals surface area (Å²) >= 11 is 0. The molecule has 1 aliphatic rings. The van der Waals surface area contributed by atoms with Crippen molar-refractivity contribution >= 4 is 5.91 Å². The van der Waals surface area contributed by atoms with Crippen LogP contribution in [-0.2, 0) is 6.54 Å². The summed E-state index contributed by atoms with van der Waals surface area (Å²) in [6, 6.07) is 9.58. The van der Waals surface area contributed by atoms with Gasteiger partial charge in [0.1, 0.15) is 0 Å². The zero-order valence-electron chi connectivity index (χ0n) is 12.5. The highest BCUT2D eigenvalue weighted by Gasteiger charge is 2.31. The highest BCUT2D eigenvalue weighted by molar-refractivity contribution is 5.94. The molecule has 22 heavy (non-hydrogen) atoms. The van der Waals surface area contributed by atoms with Crippen molar-refractivity contribution in [3.05, 3.63) is 53.9 Å². The Labute approximate surface area is 130 Å². The first kappa shape index (κ1) is 14.8. The molecule has 1 unspecified atom stereocenters. The summed E-state index contributed by atoms with van der Waals surface area (Å²) in [6.45, 7) is 0.814. The van der Waals surface area contributed by atoms with E-state index in [-0.39, 0.29) is 18.6 Å². The number of carbonyl (C=O) groups is 1. The van der Waals surface area contributed by atoms with Gasteiger partial charge in [-0.3, -0.25) is 9.48 Å². The molecule has 1 fully saturated rings. The fourth-order valence-electron chi connectivity index (χ4n) is 2.66. The number of rotatable bonds is 7. The fourth-order valence-corrected chi connectivity index (χ4v) is 2.66. The van der Waals surface area contributed by atoms with Crippen LogP contribution in [0, 0.1) is 5.92 Å². The Bertz CT molecular complexity index is 603. The van der Waals surface area contributed by atoms with Crippen LogP contribution >= 0.6 is 0 Å². The molecular formula is C17H21N3O2. The van der Waals surface area contributed by atoms with Crippen LogP contribution in [-0.4, -0.2) is 33.4 Å². The monoisotopic (exact) mass is 299 g/mol. The number of aromatic nitrogens is 2. The Hall–Kier alpha value is -2.14. The second-order valence-corrected chi connectivity index (χ2v) is 5.83. The van der Waals surface area contributed by atoms with Gasteiger partial charge in [-0.2, -0.15) is 5.10 Å². The van der Waals surface area contributed by atoms with Crippen LogP contribution in [0.3, 0.4) is 0 Å². The van der Waals surface area contributed by atoms with E-state index in [1.165, 1.54) is 0 Å². The number of aliphatic hydroxyl groups excluding tert-OH is 1. The molecular weight excluding hydrogens is 278 g/mol. The first-order valence-electron chi connectivity index (χ1n) is 7.74. The molecule has 2 N–H and O–H groups in total. The van der Waals surface area contributed by atoms with Gasteiger partial charge in [-0.05, 0) is 48.9 Å². The summed E-state index contributed by atoms with van der Waals surface area (Å²) in [4.78, 5) is 12.3. The van der Waals surface area contributed by atoms with Crippen molar-refractivity contribution in [2.75, 3.05) is 6.61 Å². The van der Waals surface area contributed by atoms with Crippen molar-refractivity contribution in [1.29, 1.82) is 0 Å². The fraction of sp³-hybridized carbons (Fsp3) is 0.412. The minimum Gasteiger partial charge on any atom is -0.396 e. The first-order valence-corrected chi connectivity index (χ1v) is 7.74. The number of hydrogen-bond acceptors (Lipinski definition) is 3. The molecule has 0 saturated heterocycles. The molecule has 1 aromatic heterocycles. The predicted molar refractivity (Wildman–Crippen MR) is 83.5 cm³/mol. The van der Waals surface area contributed by atoms with E-state index >= 15 is 0 Å². The molecule has 0 aliphatic heterocycles. The number of carbonyl (C=O) groups excluding carboxylic acids is 1. The van der Waals surface area contributed by atoms with E-state index in [2.05, 4.69) is 10.4 Å². The molecule has 116 valence electrons. The van der Waals surface area contributed by atoms with Crippen LogP contribution in [0.15, 0.2) is 42.7 Å². The maximum absolute atomic E-state index is 12.3. The molecule has 1 aromatic carbocycles. The lowest BCUT2D eigenvalue weighted by Crippen LogP contribution is -2.37. The van der Waals surface area contributed by atoms with E-state index < -0.39 is 0 Å². The van der Waals surface area contributed by atoms with Crippen LogP contribution < -0.4 is 5.32 Å². The lowest BCUT2D eigenvalue weighted by Gasteiger charge is -2.17. The van der Waals surface area contributed by atoms with Gasteiger partial charge in [-0.15, -0.1) is 0 Å². The molecule has 5 heteroatoms. The van der Waals surface area contributed by atoms with E-state index in [1.54, 1.807) is 6.20 Å². The zero-order valence-corrected chi connectivity index (χ0v) is 12.5. The molecule has 0 spiro atoms. The van der Waals surface area contributed by atoms with Crippen molar-refractivity contribution in [3.63, 3.8) is 0 Å². The summed E-state index contributed by atoms with van der Waals surface area (Å²) < 4.78 is 1.85. The highest BCUT2D eigenvalue weighted by atomic mass is 16.3. The second kappa shape index (κ2) is 6.75. The molecule has 5 nitrogen and oxygen atoms in total. The van der Waals surface area contributed by atoms with Gasteiger partial charge < -0.3 is 10.4 Å². The quantitative estimate of drug-likeness (QED) is 0.819. The molecule has 1 amide bonds. The van der Waals surface area contributed by atoms with Gasteiger partial charge >= 0.3 is 0 Å². The van der Waals surface area contributed by atoms with Crippen LogP contribution in [0.1, 0.15) is 35.2 Å². The van der Waals surface area contributed by atoms with Gasteiger partial charge in [-0.25, -0.2) is 0 Å². The molecule has 2 aromatic rings. The molecule has 1 saturated carbocycles. The van der Waals surface area contributed by atoms with Crippen molar-refractivity contribution in [2.24, 2.45) is 5.92 Å². The van der Waals surface area contributed by atoms with Gasteiger partial charge in [0.05, 0.1) is 6.54 Å². The number of benzene rings is 1. The third kappa shape index (κ3) is 3.74. The molecule has 3 rings (SSSR count). The van der Waals surface area contributed by atoms with Gasteiger partial charge in [0, 0.05) is 30.6 Å². The Morgan fingerprint density at radius 3 is 2.73 bits per heavy atom. The maximum atomic E-state index is 12.3. The minimum absolute atomic E-state index is 0.0593. The zero-order chi connectivity index (χ0) is 15.4. The maximum Gasteiger partial charge on any atom is 0.251 e. The van der Waals surface area contributed by atoms with Crippen LogP contribution in [0.25, 0.3) is 0 Å². The van der Waals surface area contributed by atoms with Gasteiger partial charge in [0.25, 0.3) is 5.91 Å². The Kier molecular flexibility index (Phi) is 4.53. The Balaban J connectivity index is 1.60. The average molecular weight is 299 g/mol. The lowest BCUT2D eigenvalue weighted by atomic mass is 10.1. The standard InChI is InChI=1S/C17H21N3O2/c21-11-8-16(14-6-7-14)19-17(22)15-4-2-13(3-5-15)12-20-10-1-9-18-20/h1-5,9-10,14,16,21H,6-8,11-12H2,(H,19,22). The topological polar surface area (TPSA) is 67.2 Å². The summed E-state index contributed by atoms with van der Waals surface area (Å²) in [5.74, 6) is 0.478. The van der Waals surface area contributed by atoms with Crippen molar-refractivity contribution in [3.8, 4) is 0 Å². The van der Waals surface area contributed by atoms with Crippen molar-refractivity contribution in [1.82, 2.24) is 15.1 Å². The lowest BCUT2D eigenvalue weighted by molar-refractivity contribution is 0.0924. The van der Waals surface area contributed by atoms with Crippen LogP contribution in [0.5, 0.6) is 0 Å². The van der Waals surface area contributed by atoms with Crippen LogP contribution in [0.4, 0.5) is 0 Å². The normalized spacial score (nSPS) is 15.5. The van der Waals surface area contributed by atoms with E-state index in [0.29, 0.717) is 24.4 Å². The average Bonchev–Trinajstić information content (AvgIpc) is 3.26. The molecule has 1 aliphatic carbocycles. The molecule has 1 atom stereocenters. The third-order valence-corrected chi connectivity index (χ3v) is 4.07. The van der Waals surface area contributed by atoms with Gasteiger partial charge in [-0.1, -0.05) is 12.1 Å². The van der Waals surface area contributed by atoms with E-state index in [9.17, 15) is 4.79 Å². The number of aliphatic hydroxyl groups is 1. The molecule has 0 radical (unpaired) electrons. The highest BCUT2D eigenvalue weighted by Crippen LogP contribution is 2.34. The molecule has 0 bridgehead atoms. The Morgan fingerprint density at radius 1 is 1.36 bits per heavy atom. The summed E-state index contributed by atoms with van der Waals surface area (Å²) in [7, 11) is 0. The second-order valence-electron chi connectivity index (χ2n) is 5.83. The van der Waals surface area contributed by atoms with E-state index in [1.807, 2.05) is 41.2 Å².